The Balaban J connectivity index is 2.16. The van der Waals surface area contributed by atoms with Gasteiger partial charge in [-0.25, -0.2) is 4.79 Å². The Hall–Kier alpha value is -3.15. The van der Waals surface area contributed by atoms with Crippen LogP contribution in [0.2, 0.25) is 0 Å². The number of hydrogen-bond donors (Lipinski definition) is 1. The number of ether oxygens (including phenoxy) is 1. The van der Waals surface area contributed by atoms with Gasteiger partial charge in [0.1, 0.15) is 0 Å². The quantitative estimate of drug-likeness (QED) is 0.713. The minimum Gasteiger partial charge on any atom is -0.462 e. The molecule has 2 rings (SSSR count). The van der Waals surface area contributed by atoms with E-state index in [1.807, 2.05) is 32.9 Å². The highest BCUT2D eigenvalue weighted by Crippen LogP contribution is 2.24. The van der Waals surface area contributed by atoms with Crippen molar-refractivity contribution in [1.29, 1.82) is 0 Å². The Labute approximate surface area is 171 Å². The van der Waals surface area contributed by atoms with Gasteiger partial charge in [0, 0.05) is 25.6 Å². The highest BCUT2D eigenvalue weighted by molar-refractivity contribution is 6.02. The standard InChI is InChI=1S/C23H28N2O4/c1-6-29-23(28)19-9-7-8-10-20(19)25(18(5)26)12-11-21(27)24-22-16(3)13-15(2)14-17(22)4/h7-10,13-14H,6,11-12H2,1-5H3,(H,24,27). The average molecular weight is 396 g/mol. The zero-order valence-electron chi connectivity index (χ0n) is 17.7. The summed E-state index contributed by atoms with van der Waals surface area (Å²) in [5.74, 6) is -0.943. The number of benzene rings is 2. The molecule has 0 spiro atoms. The predicted octanol–water partition coefficient (Wildman–Crippen LogP) is 4.17. The van der Waals surface area contributed by atoms with E-state index in [-0.39, 0.29) is 31.4 Å². The molecule has 0 aliphatic rings. The SMILES string of the molecule is CCOC(=O)c1ccccc1N(CCC(=O)Nc1c(C)cc(C)cc1C)C(C)=O. The third-order valence-corrected chi connectivity index (χ3v) is 4.57. The lowest BCUT2D eigenvalue weighted by Gasteiger charge is -2.23. The predicted molar refractivity (Wildman–Crippen MR) is 114 cm³/mol. The van der Waals surface area contributed by atoms with Crippen LogP contribution in [0.15, 0.2) is 36.4 Å². The van der Waals surface area contributed by atoms with E-state index in [0.717, 1.165) is 22.4 Å². The van der Waals surface area contributed by atoms with Gasteiger partial charge in [-0.1, -0.05) is 29.8 Å². The van der Waals surface area contributed by atoms with Gasteiger partial charge in [-0.2, -0.15) is 0 Å². The number of carbonyl (C=O) groups is 3. The molecule has 0 aliphatic carbocycles. The number of nitrogens with one attached hydrogen (secondary N) is 1. The molecule has 0 fully saturated rings. The number of esters is 1. The van der Waals surface area contributed by atoms with Gasteiger partial charge in [-0.05, 0) is 51.0 Å². The summed E-state index contributed by atoms with van der Waals surface area (Å²) >= 11 is 0. The van der Waals surface area contributed by atoms with Crippen molar-refractivity contribution < 1.29 is 19.1 Å². The summed E-state index contributed by atoms with van der Waals surface area (Å²) < 4.78 is 5.08. The number of rotatable bonds is 7. The minimum absolute atomic E-state index is 0.101. The van der Waals surface area contributed by atoms with Crippen molar-refractivity contribution in [2.24, 2.45) is 0 Å². The zero-order chi connectivity index (χ0) is 21.6. The number of aryl methyl sites for hydroxylation is 3. The maximum absolute atomic E-state index is 12.5. The molecule has 2 aromatic carbocycles. The molecule has 0 unspecified atom stereocenters. The lowest BCUT2D eigenvalue weighted by atomic mass is 10.0. The topological polar surface area (TPSA) is 75.7 Å². The highest BCUT2D eigenvalue weighted by atomic mass is 16.5. The van der Waals surface area contributed by atoms with E-state index in [0.29, 0.717) is 11.3 Å². The lowest BCUT2D eigenvalue weighted by Crippen LogP contribution is -2.33. The summed E-state index contributed by atoms with van der Waals surface area (Å²) in [7, 11) is 0. The van der Waals surface area contributed by atoms with Crippen molar-refractivity contribution in [1.82, 2.24) is 0 Å². The van der Waals surface area contributed by atoms with Crippen LogP contribution in [0.4, 0.5) is 11.4 Å². The molecule has 2 amide bonds. The summed E-state index contributed by atoms with van der Waals surface area (Å²) in [6.07, 6.45) is 0.101. The fraction of sp³-hybridized carbons (Fsp3) is 0.348. The van der Waals surface area contributed by atoms with Gasteiger partial charge in [-0.15, -0.1) is 0 Å². The van der Waals surface area contributed by atoms with Gasteiger partial charge in [0.05, 0.1) is 17.9 Å². The molecule has 0 bridgehead atoms. The van der Waals surface area contributed by atoms with Crippen molar-refractivity contribution in [3.05, 3.63) is 58.7 Å². The summed E-state index contributed by atoms with van der Waals surface area (Å²) in [6, 6.07) is 10.8. The van der Waals surface area contributed by atoms with Gasteiger partial charge in [0.2, 0.25) is 11.8 Å². The second-order valence-electron chi connectivity index (χ2n) is 6.98. The third-order valence-electron chi connectivity index (χ3n) is 4.57. The van der Waals surface area contributed by atoms with Crippen LogP contribution in [0.1, 0.15) is 47.3 Å². The molecule has 0 saturated carbocycles. The van der Waals surface area contributed by atoms with Crippen LogP contribution >= 0.6 is 0 Å². The van der Waals surface area contributed by atoms with Crippen molar-refractivity contribution in [2.75, 3.05) is 23.4 Å². The number of nitrogens with zero attached hydrogens (tertiary/aromatic N) is 1. The number of carbonyl (C=O) groups excluding carboxylic acids is 3. The Bertz CT molecular complexity index is 898. The fourth-order valence-electron chi connectivity index (χ4n) is 3.33. The molecule has 0 aromatic heterocycles. The lowest BCUT2D eigenvalue weighted by molar-refractivity contribution is -0.117. The molecular weight excluding hydrogens is 368 g/mol. The van der Waals surface area contributed by atoms with Crippen molar-refractivity contribution in [3.63, 3.8) is 0 Å². The van der Waals surface area contributed by atoms with Crippen molar-refractivity contribution >= 4 is 29.2 Å². The molecule has 0 aliphatic heterocycles. The Morgan fingerprint density at radius 2 is 1.66 bits per heavy atom. The van der Waals surface area contributed by atoms with Crippen LogP contribution in [-0.4, -0.2) is 30.9 Å². The fourth-order valence-corrected chi connectivity index (χ4v) is 3.33. The van der Waals surface area contributed by atoms with E-state index in [1.165, 1.54) is 11.8 Å². The molecule has 1 N–H and O–H groups in total. The Kier molecular flexibility index (Phi) is 7.53. The summed E-state index contributed by atoms with van der Waals surface area (Å²) in [5, 5.41) is 2.94. The van der Waals surface area contributed by atoms with Crippen molar-refractivity contribution in [3.8, 4) is 0 Å². The highest BCUT2D eigenvalue weighted by Gasteiger charge is 2.21. The first-order valence-electron chi connectivity index (χ1n) is 9.66. The van der Waals surface area contributed by atoms with E-state index in [4.69, 9.17) is 4.74 Å². The molecule has 29 heavy (non-hydrogen) atoms. The van der Waals surface area contributed by atoms with Crippen LogP contribution in [0.5, 0.6) is 0 Å². The molecule has 2 aromatic rings. The summed E-state index contributed by atoms with van der Waals surface area (Å²) in [5.41, 5.74) is 4.65. The minimum atomic E-state index is -0.496. The molecule has 154 valence electrons. The first-order valence-corrected chi connectivity index (χ1v) is 9.66. The second-order valence-corrected chi connectivity index (χ2v) is 6.98. The molecular formula is C23H28N2O4. The molecule has 6 nitrogen and oxygen atoms in total. The van der Waals surface area contributed by atoms with Gasteiger partial charge < -0.3 is 15.0 Å². The first-order chi connectivity index (χ1) is 13.7. The van der Waals surface area contributed by atoms with E-state index >= 15 is 0 Å². The van der Waals surface area contributed by atoms with Gasteiger partial charge >= 0.3 is 5.97 Å². The molecule has 0 atom stereocenters. The van der Waals surface area contributed by atoms with Crippen LogP contribution in [-0.2, 0) is 14.3 Å². The van der Waals surface area contributed by atoms with E-state index in [9.17, 15) is 14.4 Å². The molecule has 0 radical (unpaired) electrons. The average Bonchev–Trinajstić information content (AvgIpc) is 2.65. The van der Waals surface area contributed by atoms with Crippen molar-refractivity contribution in [2.45, 2.75) is 41.0 Å². The third kappa shape index (κ3) is 5.67. The maximum Gasteiger partial charge on any atom is 0.340 e. The van der Waals surface area contributed by atoms with E-state index in [2.05, 4.69) is 5.32 Å². The number of anilines is 2. The number of hydrogen-bond acceptors (Lipinski definition) is 4. The normalized spacial score (nSPS) is 10.4. The zero-order valence-corrected chi connectivity index (χ0v) is 17.7. The molecule has 6 heteroatoms. The van der Waals surface area contributed by atoms with Gasteiger partial charge in [0.15, 0.2) is 0 Å². The monoisotopic (exact) mass is 396 g/mol. The number of para-hydroxylation sites is 1. The maximum atomic E-state index is 12.5. The Morgan fingerprint density at radius 1 is 1.03 bits per heavy atom. The Morgan fingerprint density at radius 3 is 2.24 bits per heavy atom. The largest absolute Gasteiger partial charge is 0.462 e. The molecule has 0 saturated heterocycles. The van der Waals surface area contributed by atoms with Gasteiger partial charge in [-0.3, -0.25) is 9.59 Å². The number of amides is 2. The van der Waals surface area contributed by atoms with E-state index in [1.54, 1.807) is 31.2 Å². The van der Waals surface area contributed by atoms with Crippen LogP contribution in [0, 0.1) is 20.8 Å². The van der Waals surface area contributed by atoms with Gasteiger partial charge in [0.25, 0.3) is 0 Å². The van der Waals surface area contributed by atoms with Crippen LogP contribution in [0.3, 0.4) is 0 Å². The van der Waals surface area contributed by atoms with E-state index < -0.39 is 5.97 Å². The summed E-state index contributed by atoms with van der Waals surface area (Å²) in [4.78, 5) is 38.4. The first kappa shape index (κ1) is 22.1. The smallest absolute Gasteiger partial charge is 0.340 e. The molecule has 0 heterocycles. The van der Waals surface area contributed by atoms with Crippen LogP contribution < -0.4 is 10.2 Å². The summed E-state index contributed by atoms with van der Waals surface area (Å²) in [6.45, 7) is 9.45. The van der Waals surface area contributed by atoms with Crippen LogP contribution in [0.25, 0.3) is 0 Å². The second kappa shape index (κ2) is 9.87.